The van der Waals surface area contributed by atoms with E-state index < -0.39 is 0 Å². The van der Waals surface area contributed by atoms with Crippen molar-refractivity contribution in [2.75, 3.05) is 17.3 Å². The number of nitrogens with zero attached hydrogens (tertiary/aromatic N) is 3. The third-order valence-electron chi connectivity index (χ3n) is 4.52. The van der Waals surface area contributed by atoms with Crippen molar-refractivity contribution in [1.82, 2.24) is 9.97 Å². The molecule has 0 bridgehead atoms. The van der Waals surface area contributed by atoms with Crippen LogP contribution in [0.3, 0.4) is 0 Å². The number of ether oxygens (including phenoxy) is 1. The highest BCUT2D eigenvalue weighted by molar-refractivity contribution is 6.06. The number of furan rings is 1. The van der Waals surface area contributed by atoms with Crippen molar-refractivity contribution in [3.63, 3.8) is 0 Å². The fraction of sp³-hybridized carbons (Fsp3) is 0.100. The SMILES string of the molecule is C/C(=N/Nc1ncnc2c1oc1ccccc12)c1ccc2c(c1)NC(=O)CO2. The van der Waals surface area contributed by atoms with Gasteiger partial charge in [0.05, 0.1) is 11.4 Å². The zero-order valence-electron chi connectivity index (χ0n) is 14.9. The molecule has 0 fully saturated rings. The quantitative estimate of drug-likeness (QED) is 0.421. The van der Waals surface area contributed by atoms with E-state index in [2.05, 4.69) is 25.8 Å². The third-order valence-corrected chi connectivity index (χ3v) is 4.52. The lowest BCUT2D eigenvalue weighted by Crippen LogP contribution is -2.25. The van der Waals surface area contributed by atoms with Gasteiger partial charge in [-0.2, -0.15) is 5.10 Å². The van der Waals surface area contributed by atoms with Crippen LogP contribution in [-0.4, -0.2) is 28.2 Å². The molecule has 0 spiro atoms. The minimum atomic E-state index is -0.175. The second-order valence-electron chi connectivity index (χ2n) is 6.36. The molecule has 0 saturated heterocycles. The summed E-state index contributed by atoms with van der Waals surface area (Å²) >= 11 is 0. The molecule has 0 radical (unpaired) electrons. The zero-order chi connectivity index (χ0) is 19.1. The van der Waals surface area contributed by atoms with Crippen LogP contribution in [-0.2, 0) is 4.79 Å². The van der Waals surface area contributed by atoms with Gasteiger partial charge in [-0.3, -0.25) is 10.2 Å². The Balaban J connectivity index is 1.47. The molecule has 5 rings (SSSR count). The lowest BCUT2D eigenvalue weighted by atomic mass is 10.1. The number of aromatic nitrogens is 2. The summed E-state index contributed by atoms with van der Waals surface area (Å²) in [6, 6.07) is 13.2. The number of fused-ring (bicyclic) bond motifs is 4. The van der Waals surface area contributed by atoms with E-state index in [1.165, 1.54) is 6.33 Å². The van der Waals surface area contributed by atoms with Crippen molar-refractivity contribution in [2.24, 2.45) is 5.10 Å². The Bertz CT molecular complexity index is 1260. The van der Waals surface area contributed by atoms with E-state index in [1.807, 2.05) is 49.4 Å². The maximum Gasteiger partial charge on any atom is 0.262 e. The topological polar surface area (TPSA) is 102 Å². The van der Waals surface area contributed by atoms with E-state index in [0.29, 0.717) is 28.5 Å². The molecule has 2 aromatic carbocycles. The summed E-state index contributed by atoms with van der Waals surface area (Å²) in [7, 11) is 0. The van der Waals surface area contributed by atoms with Crippen LogP contribution in [0.15, 0.2) is 58.3 Å². The molecule has 28 heavy (non-hydrogen) atoms. The van der Waals surface area contributed by atoms with Crippen molar-refractivity contribution in [3.8, 4) is 5.75 Å². The monoisotopic (exact) mass is 373 g/mol. The van der Waals surface area contributed by atoms with Crippen molar-refractivity contribution >= 4 is 45.2 Å². The van der Waals surface area contributed by atoms with Crippen LogP contribution in [0.2, 0.25) is 0 Å². The lowest BCUT2D eigenvalue weighted by molar-refractivity contribution is -0.118. The van der Waals surface area contributed by atoms with Crippen LogP contribution in [0.1, 0.15) is 12.5 Å². The van der Waals surface area contributed by atoms with Gasteiger partial charge in [-0.05, 0) is 42.8 Å². The van der Waals surface area contributed by atoms with Crippen LogP contribution < -0.4 is 15.5 Å². The molecule has 0 unspecified atom stereocenters. The van der Waals surface area contributed by atoms with E-state index in [-0.39, 0.29) is 12.5 Å². The van der Waals surface area contributed by atoms with Gasteiger partial charge in [0.2, 0.25) is 0 Å². The van der Waals surface area contributed by atoms with E-state index >= 15 is 0 Å². The van der Waals surface area contributed by atoms with Crippen LogP contribution >= 0.6 is 0 Å². The molecule has 1 aliphatic heterocycles. The number of hydrazone groups is 1. The fourth-order valence-corrected chi connectivity index (χ4v) is 3.11. The van der Waals surface area contributed by atoms with E-state index in [1.54, 1.807) is 0 Å². The van der Waals surface area contributed by atoms with Gasteiger partial charge in [0.1, 0.15) is 23.2 Å². The molecular formula is C20H15N5O3. The Morgan fingerprint density at radius 1 is 1.21 bits per heavy atom. The van der Waals surface area contributed by atoms with Gasteiger partial charge >= 0.3 is 0 Å². The maximum atomic E-state index is 11.5. The Kier molecular flexibility index (Phi) is 3.68. The molecule has 2 aromatic heterocycles. The predicted octanol–water partition coefficient (Wildman–Crippen LogP) is 3.54. The van der Waals surface area contributed by atoms with Crippen LogP contribution in [0.5, 0.6) is 5.75 Å². The van der Waals surface area contributed by atoms with Crippen LogP contribution in [0.25, 0.3) is 22.1 Å². The van der Waals surface area contributed by atoms with Crippen LogP contribution in [0.4, 0.5) is 11.5 Å². The van der Waals surface area contributed by atoms with E-state index in [4.69, 9.17) is 9.15 Å². The first kappa shape index (κ1) is 16.2. The number of benzene rings is 2. The molecule has 138 valence electrons. The number of amides is 1. The van der Waals surface area contributed by atoms with Gasteiger partial charge in [0.15, 0.2) is 18.0 Å². The third kappa shape index (κ3) is 2.71. The first-order valence-electron chi connectivity index (χ1n) is 8.68. The predicted molar refractivity (Wildman–Crippen MR) is 106 cm³/mol. The average Bonchev–Trinajstić information content (AvgIpc) is 3.11. The van der Waals surface area contributed by atoms with Crippen molar-refractivity contribution < 1.29 is 13.9 Å². The normalized spacial score (nSPS) is 13.9. The van der Waals surface area contributed by atoms with Gasteiger partial charge in [-0.15, -0.1) is 0 Å². The number of rotatable bonds is 3. The first-order valence-corrected chi connectivity index (χ1v) is 8.68. The standard InChI is InChI=1S/C20H15N5O3/c1-11(12-6-7-16-14(8-12)23-17(26)9-27-16)24-25-20-19-18(21-10-22-20)13-4-2-3-5-15(13)28-19/h2-8,10H,9H2,1H3,(H,23,26)(H,21,22,25)/b24-11-. The molecule has 1 aliphatic rings. The maximum absolute atomic E-state index is 11.5. The molecule has 8 heteroatoms. The van der Waals surface area contributed by atoms with Crippen molar-refractivity contribution in [3.05, 3.63) is 54.4 Å². The molecule has 2 N–H and O–H groups in total. The minimum Gasteiger partial charge on any atom is -0.482 e. The molecule has 0 aliphatic carbocycles. The van der Waals surface area contributed by atoms with Gasteiger partial charge in [0, 0.05) is 5.39 Å². The largest absolute Gasteiger partial charge is 0.482 e. The summed E-state index contributed by atoms with van der Waals surface area (Å²) in [6.45, 7) is 1.89. The molecule has 0 atom stereocenters. The number of carbonyl (C=O) groups is 1. The number of hydrogen-bond donors (Lipinski definition) is 2. The molecule has 4 aromatic rings. The summed E-state index contributed by atoms with van der Waals surface area (Å²) in [6.07, 6.45) is 1.48. The number of anilines is 2. The number of nitrogens with one attached hydrogen (secondary N) is 2. The summed E-state index contributed by atoms with van der Waals surface area (Å²) in [5, 5.41) is 8.13. The Hall–Kier alpha value is -3.94. The fourth-order valence-electron chi connectivity index (χ4n) is 3.11. The highest BCUT2D eigenvalue weighted by Crippen LogP contribution is 2.31. The number of carbonyl (C=O) groups excluding carboxylic acids is 1. The Morgan fingerprint density at radius 3 is 3.04 bits per heavy atom. The summed E-state index contributed by atoms with van der Waals surface area (Å²) in [4.78, 5) is 20.1. The Morgan fingerprint density at radius 2 is 2.11 bits per heavy atom. The van der Waals surface area contributed by atoms with Gasteiger partial charge in [-0.25, -0.2) is 9.97 Å². The minimum absolute atomic E-state index is 0.0299. The number of para-hydroxylation sites is 1. The van der Waals surface area contributed by atoms with Crippen molar-refractivity contribution in [2.45, 2.75) is 6.92 Å². The average molecular weight is 373 g/mol. The number of hydrogen-bond acceptors (Lipinski definition) is 7. The summed E-state index contributed by atoms with van der Waals surface area (Å²) < 4.78 is 11.3. The highest BCUT2D eigenvalue weighted by Gasteiger charge is 2.17. The first-order chi connectivity index (χ1) is 13.7. The van der Waals surface area contributed by atoms with E-state index in [0.717, 1.165) is 22.0 Å². The summed E-state index contributed by atoms with van der Waals surface area (Å²) in [5.74, 6) is 0.949. The smallest absolute Gasteiger partial charge is 0.262 e. The second-order valence-corrected chi connectivity index (χ2v) is 6.36. The Labute approximate surface area is 159 Å². The molecule has 3 heterocycles. The van der Waals surface area contributed by atoms with E-state index in [9.17, 15) is 4.79 Å². The highest BCUT2D eigenvalue weighted by atomic mass is 16.5. The zero-order valence-corrected chi connectivity index (χ0v) is 14.9. The molecule has 0 saturated carbocycles. The van der Waals surface area contributed by atoms with Crippen molar-refractivity contribution in [1.29, 1.82) is 0 Å². The van der Waals surface area contributed by atoms with Gasteiger partial charge in [-0.1, -0.05) is 12.1 Å². The van der Waals surface area contributed by atoms with Gasteiger partial charge in [0.25, 0.3) is 5.91 Å². The molecule has 1 amide bonds. The summed E-state index contributed by atoms with van der Waals surface area (Å²) in [5.41, 5.74) is 7.16. The second kappa shape index (κ2) is 6.34. The lowest BCUT2D eigenvalue weighted by Gasteiger charge is -2.18. The van der Waals surface area contributed by atoms with Gasteiger partial charge < -0.3 is 14.5 Å². The van der Waals surface area contributed by atoms with Crippen LogP contribution in [0, 0.1) is 0 Å². The molecule has 8 nitrogen and oxygen atoms in total. The molecular weight excluding hydrogens is 358 g/mol.